The van der Waals surface area contributed by atoms with Gasteiger partial charge in [0.25, 0.3) is 0 Å². The van der Waals surface area contributed by atoms with Gasteiger partial charge in [-0.15, -0.1) is 0 Å². The van der Waals surface area contributed by atoms with Crippen molar-refractivity contribution in [1.82, 2.24) is 14.8 Å². The van der Waals surface area contributed by atoms with Crippen LogP contribution in [-0.2, 0) is 6.18 Å². The second-order valence-electron chi connectivity index (χ2n) is 3.63. The van der Waals surface area contributed by atoms with Gasteiger partial charge < -0.3 is 0 Å². The van der Waals surface area contributed by atoms with E-state index in [1.807, 2.05) is 0 Å². The summed E-state index contributed by atoms with van der Waals surface area (Å²) in [5, 5.41) is 3.58. The van der Waals surface area contributed by atoms with Gasteiger partial charge in [-0.2, -0.15) is 18.3 Å². The van der Waals surface area contributed by atoms with Crippen molar-refractivity contribution in [2.24, 2.45) is 0 Å². The molecule has 7 heteroatoms. The highest BCUT2D eigenvalue weighted by atomic mass is 19.4. The van der Waals surface area contributed by atoms with E-state index in [1.165, 1.54) is 25.3 Å². The average Bonchev–Trinajstić information content (AvgIpc) is 2.78. The monoisotopic (exact) mass is 255 g/mol. The minimum absolute atomic E-state index is 0.162. The number of ketones is 1. The molecule has 0 spiro atoms. The molecule has 0 saturated carbocycles. The Kier molecular flexibility index (Phi) is 2.90. The lowest BCUT2D eigenvalue weighted by Crippen LogP contribution is -2.03. The Morgan fingerprint density at radius 1 is 1.28 bits per heavy atom. The summed E-state index contributed by atoms with van der Waals surface area (Å²) in [5.74, 6) is 0.0565. The zero-order valence-electron chi connectivity index (χ0n) is 9.27. The third-order valence-corrected chi connectivity index (χ3v) is 2.30. The van der Waals surface area contributed by atoms with Gasteiger partial charge >= 0.3 is 6.18 Å². The number of Topliss-reactive ketones (excluding diaryl/α,β-unsaturated/α-hetero) is 1. The largest absolute Gasteiger partial charge is 0.419 e. The predicted octanol–water partition coefficient (Wildman–Crippen LogP) is 2.49. The van der Waals surface area contributed by atoms with Crippen molar-refractivity contribution in [3.8, 4) is 5.82 Å². The van der Waals surface area contributed by atoms with E-state index in [4.69, 9.17) is 0 Å². The van der Waals surface area contributed by atoms with Crippen LogP contribution in [0, 0.1) is 0 Å². The van der Waals surface area contributed by atoms with Gasteiger partial charge in [0.1, 0.15) is 0 Å². The fourth-order valence-electron chi connectivity index (χ4n) is 1.32. The SMILES string of the molecule is CC(=O)c1ccc(-n2cc(C(F)(F)F)cn2)nc1. The topological polar surface area (TPSA) is 47.8 Å². The van der Waals surface area contributed by atoms with E-state index in [1.54, 1.807) is 0 Å². The first-order chi connectivity index (χ1) is 8.38. The van der Waals surface area contributed by atoms with E-state index in [0.717, 1.165) is 17.1 Å². The summed E-state index contributed by atoms with van der Waals surface area (Å²) >= 11 is 0. The number of carbonyl (C=O) groups is 1. The summed E-state index contributed by atoms with van der Waals surface area (Å²) < 4.78 is 38.1. The number of pyridine rings is 1. The highest BCUT2D eigenvalue weighted by molar-refractivity contribution is 5.93. The predicted molar refractivity (Wildman–Crippen MR) is 56.4 cm³/mol. The smallest absolute Gasteiger partial charge is 0.294 e. The van der Waals surface area contributed by atoms with Crippen molar-refractivity contribution < 1.29 is 18.0 Å². The van der Waals surface area contributed by atoms with Crippen LogP contribution in [0.1, 0.15) is 22.8 Å². The number of nitrogens with zero attached hydrogens (tertiary/aromatic N) is 3. The molecule has 94 valence electrons. The second-order valence-corrected chi connectivity index (χ2v) is 3.63. The van der Waals surface area contributed by atoms with Crippen LogP contribution in [0.5, 0.6) is 0 Å². The lowest BCUT2D eigenvalue weighted by Gasteiger charge is -2.02. The average molecular weight is 255 g/mol. The van der Waals surface area contributed by atoms with Crippen LogP contribution in [0.2, 0.25) is 0 Å². The molecule has 0 aliphatic heterocycles. The Hall–Kier alpha value is -2.18. The first kappa shape index (κ1) is 12.3. The zero-order chi connectivity index (χ0) is 13.3. The van der Waals surface area contributed by atoms with Gasteiger partial charge in [0.05, 0.1) is 11.8 Å². The molecule has 0 N–H and O–H groups in total. The number of rotatable bonds is 2. The van der Waals surface area contributed by atoms with Gasteiger partial charge in [-0.05, 0) is 19.1 Å². The molecular formula is C11H8F3N3O. The third-order valence-electron chi connectivity index (χ3n) is 2.30. The van der Waals surface area contributed by atoms with Crippen LogP contribution < -0.4 is 0 Å². The molecule has 18 heavy (non-hydrogen) atoms. The Morgan fingerprint density at radius 2 is 2.00 bits per heavy atom. The molecule has 0 unspecified atom stereocenters. The van der Waals surface area contributed by atoms with Crippen LogP contribution in [0.3, 0.4) is 0 Å². The first-order valence-corrected chi connectivity index (χ1v) is 4.97. The lowest BCUT2D eigenvalue weighted by molar-refractivity contribution is -0.137. The van der Waals surface area contributed by atoms with Crippen molar-refractivity contribution in [2.45, 2.75) is 13.1 Å². The summed E-state index contributed by atoms with van der Waals surface area (Å²) in [6, 6.07) is 2.92. The number of hydrogen-bond donors (Lipinski definition) is 0. The summed E-state index contributed by atoms with van der Waals surface area (Å²) in [5.41, 5.74) is -0.457. The highest BCUT2D eigenvalue weighted by Gasteiger charge is 2.32. The van der Waals surface area contributed by atoms with Gasteiger partial charge in [-0.3, -0.25) is 4.79 Å². The van der Waals surface area contributed by atoms with E-state index in [0.29, 0.717) is 5.56 Å². The molecule has 0 saturated heterocycles. The van der Waals surface area contributed by atoms with Gasteiger partial charge in [-0.25, -0.2) is 9.67 Å². The molecule has 0 aliphatic rings. The van der Waals surface area contributed by atoms with Crippen LogP contribution in [0.25, 0.3) is 5.82 Å². The number of hydrogen-bond acceptors (Lipinski definition) is 3. The maximum absolute atomic E-state index is 12.4. The highest BCUT2D eigenvalue weighted by Crippen LogP contribution is 2.28. The van der Waals surface area contributed by atoms with Crippen LogP contribution in [0.15, 0.2) is 30.7 Å². The Morgan fingerprint density at radius 3 is 2.44 bits per heavy atom. The molecule has 2 heterocycles. The van der Waals surface area contributed by atoms with Crippen molar-refractivity contribution in [1.29, 1.82) is 0 Å². The second kappa shape index (κ2) is 4.25. The fourth-order valence-corrected chi connectivity index (χ4v) is 1.32. The molecule has 2 rings (SSSR count). The first-order valence-electron chi connectivity index (χ1n) is 4.97. The number of carbonyl (C=O) groups excluding carboxylic acids is 1. The molecular weight excluding hydrogens is 247 g/mol. The van der Waals surface area contributed by atoms with Gasteiger partial charge in [0.2, 0.25) is 0 Å². The van der Waals surface area contributed by atoms with Crippen LogP contribution >= 0.6 is 0 Å². The molecule has 0 bridgehead atoms. The summed E-state index contributed by atoms with van der Waals surface area (Å²) in [6.07, 6.45) is -1.57. The molecule has 2 aromatic heterocycles. The summed E-state index contributed by atoms with van der Waals surface area (Å²) in [6.45, 7) is 1.38. The minimum Gasteiger partial charge on any atom is -0.294 e. The molecule has 0 radical (unpaired) electrons. The van der Waals surface area contributed by atoms with Gasteiger partial charge in [0, 0.05) is 18.0 Å². The number of alkyl halides is 3. The van der Waals surface area contributed by atoms with Crippen molar-refractivity contribution >= 4 is 5.78 Å². The quantitative estimate of drug-likeness (QED) is 0.774. The van der Waals surface area contributed by atoms with E-state index < -0.39 is 11.7 Å². The molecule has 0 atom stereocenters. The number of aromatic nitrogens is 3. The molecule has 0 aliphatic carbocycles. The fraction of sp³-hybridized carbons (Fsp3) is 0.182. The van der Waals surface area contributed by atoms with Gasteiger partial charge in [-0.1, -0.05) is 0 Å². The summed E-state index contributed by atoms with van der Waals surface area (Å²) in [7, 11) is 0. The minimum atomic E-state index is -4.43. The van der Waals surface area contributed by atoms with E-state index in [2.05, 4.69) is 10.1 Å². The standard InChI is InChI=1S/C11H8F3N3O/c1-7(18)8-2-3-10(15-4-8)17-6-9(5-16-17)11(12,13)14/h2-6H,1H3. The van der Waals surface area contributed by atoms with Crippen molar-refractivity contribution in [3.63, 3.8) is 0 Å². The molecule has 0 amide bonds. The van der Waals surface area contributed by atoms with Crippen molar-refractivity contribution in [2.75, 3.05) is 0 Å². The van der Waals surface area contributed by atoms with E-state index in [-0.39, 0.29) is 11.6 Å². The van der Waals surface area contributed by atoms with E-state index >= 15 is 0 Å². The molecule has 0 aromatic carbocycles. The van der Waals surface area contributed by atoms with E-state index in [9.17, 15) is 18.0 Å². The van der Waals surface area contributed by atoms with Crippen LogP contribution in [0.4, 0.5) is 13.2 Å². The van der Waals surface area contributed by atoms with Crippen molar-refractivity contribution in [3.05, 3.63) is 41.9 Å². The molecule has 0 fully saturated rings. The Labute approximate surface area is 100 Å². The zero-order valence-corrected chi connectivity index (χ0v) is 9.27. The molecule has 4 nitrogen and oxygen atoms in total. The lowest BCUT2D eigenvalue weighted by atomic mass is 10.2. The van der Waals surface area contributed by atoms with Gasteiger partial charge in [0.15, 0.2) is 11.6 Å². The Balaban J connectivity index is 2.32. The normalized spacial score (nSPS) is 11.6. The number of halogens is 3. The maximum Gasteiger partial charge on any atom is 0.419 e. The summed E-state index contributed by atoms with van der Waals surface area (Å²) in [4.78, 5) is 14.9. The van der Waals surface area contributed by atoms with Crippen LogP contribution in [-0.4, -0.2) is 20.5 Å². The maximum atomic E-state index is 12.4. The Bertz CT molecular complexity index is 572. The molecule has 2 aromatic rings. The third kappa shape index (κ3) is 2.39.